The van der Waals surface area contributed by atoms with E-state index in [0.29, 0.717) is 5.56 Å². The zero-order valence-electron chi connectivity index (χ0n) is 6.90. The maximum atomic E-state index is 10.5. The predicted molar refractivity (Wildman–Crippen MR) is 60.4 cm³/mol. The molecule has 0 aliphatic rings. The average molecular weight is 288 g/mol. The van der Waals surface area contributed by atoms with Crippen molar-refractivity contribution in [3.63, 3.8) is 0 Å². The summed E-state index contributed by atoms with van der Waals surface area (Å²) in [5.41, 5.74) is 1.39. The fraction of sp³-hybridized carbons (Fsp3) is 0.100. The van der Waals surface area contributed by atoms with Gasteiger partial charge in [-0.1, -0.05) is 40.8 Å². The van der Waals surface area contributed by atoms with Gasteiger partial charge in [-0.2, -0.15) is 0 Å². The molecule has 0 saturated heterocycles. The highest BCUT2D eigenvalue weighted by Crippen LogP contribution is 2.24. The minimum atomic E-state index is -0.893. The molecule has 0 aliphatic carbocycles. The van der Waals surface area contributed by atoms with Gasteiger partial charge in [0.15, 0.2) is 0 Å². The Kier molecular flexibility index (Phi) is 3.48. The molecule has 0 aromatic heterocycles. The van der Waals surface area contributed by atoms with Crippen LogP contribution in [0.4, 0.5) is 0 Å². The summed E-state index contributed by atoms with van der Waals surface area (Å²) in [7, 11) is 0. The van der Waals surface area contributed by atoms with Crippen LogP contribution in [0.2, 0.25) is 0 Å². The highest BCUT2D eigenvalue weighted by Gasteiger charge is 2.04. The summed E-state index contributed by atoms with van der Waals surface area (Å²) in [5.74, 6) is -0.893. The van der Waals surface area contributed by atoms with Crippen molar-refractivity contribution < 1.29 is 9.90 Å². The third-order valence-electron chi connectivity index (χ3n) is 1.68. The Labute approximate surface area is 90.4 Å². The number of carbonyl (C=O) groups is 1. The number of halogens is 1. The number of carboxylic acid groups (broad SMARTS) is 1. The first-order valence-electron chi connectivity index (χ1n) is 3.75. The molecule has 68 valence electrons. The Morgan fingerprint density at radius 1 is 1.46 bits per heavy atom. The maximum Gasteiger partial charge on any atom is 0.335 e. The van der Waals surface area contributed by atoms with E-state index in [1.807, 2.05) is 18.2 Å². The predicted octanol–water partition coefficient (Wildman–Crippen LogP) is 3.05. The molecule has 0 aliphatic heterocycles. The van der Waals surface area contributed by atoms with Crippen molar-refractivity contribution in [3.05, 3.63) is 48.0 Å². The Morgan fingerprint density at radius 3 is 2.38 bits per heavy atom. The number of carboxylic acids is 1. The quantitative estimate of drug-likeness (QED) is 0.527. The van der Waals surface area contributed by atoms with Crippen LogP contribution in [0.5, 0.6) is 0 Å². The molecular formula is C10H9IO2. The first kappa shape index (κ1) is 10.2. The van der Waals surface area contributed by atoms with Gasteiger partial charge >= 0.3 is 5.97 Å². The molecule has 1 N–H and O–H groups in total. The molecule has 0 heterocycles. The van der Waals surface area contributed by atoms with E-state index < -0.39 is 5.97 Å². The highest BCUT2D eigenvalue weighted by molar-refractivity contribution is 14.1. The fourth-order valence-corrected chi connectivity index (χ4v) is 1.36. The monoisotopic (exact) mass is 288 g/mol. The molecule has 3 heteroatoms. The topological polar surface area (TPSA) is 37.3 Å². The second-order valence-electron chi connectivity index (χ2n) is 2.56. The van der Waals surface area contributed by atoms with E-state index in [1.54, 1.807) is 12.1 Å². The number of aromatic carboxylic acids is 1. The van der Waals surface area contributed by atoms with Crippen molar-refractivity contribution in [2.45, 2.75) is 3.92 Å². The number of alkyl halides is 1. The highest BCUT2D eigenvalue weighted by atomic mass is 127. The van der Waals surface area contributed by atoms with E-state index in [1.165, 1.54) is 0 Å². The van der Waals surface area contributed by atoms with E-state index in [0.717, 1.165) is 5.56 Å². The van der Waals surface area contributed by atoms with Gasteiger partial charge in [0.1, 0.15) is 0 Å². The number of hydrogen-bond acceptors (Lipinski definition) is 1. The standard InChI is InChI=1S/C10H9IO2/c1-2-9(11)7-3-5-8(6-4-7)10(12)13/h2-6,9H,1H2,(H,12,13). The van der Waals surface area contributed by atoms with E-state index in [4.69, 9.17) is 5.11 Å². The van der Waals surface area contributed by atoms with Crippen LogP contribution in [0.1, 0.15) is 19.8 Å². The summed E-state index contributed by atoms with van der Waals surface area (Å²) in [5, 5.41) is 8.65. The molecule has 0 amide bonds. The van der Waals surface area contributed by atoms with Gasteiger partial charge in [0, 0.05) is 0 Å². The zero-order chi connectivity index (χ0) is 9.84. The molecule has 1 rings (SSSR count). The largest absolute Gasteiger partial charge is 0.478 e. The molecule has 1 aromatic rings. The summed E-state index contributed by atoms with van der Waals surface area (Å²) < 4.78 is 0.237. The van der Waals surface area contributed by atoms with Gasteiger partial charge in [-0.3, -0.25) is 0 Å². The van der Waals surface area contributed by atoms with Crippen LogP contribution in [0.25, 0.3) is 0 Å². The number of rotatable bonds is 3. The lowest BCUT2D eigenvalue weighted by Crippen LogP contribution is -1.96. The van der Waals surface area contributed by atoms with Gasteiger partial charge in [-0.05, 0) is 17.7 Å². The normalized spacial score (nSPS) is 12.1. The molecule has 13 heavy (non-hydrogen) atoms. The average Bonchev–Trinajstić information content (AvgIpc) is 2.17. The molecular weight excluding hydrogens is 279 g/mol. The van der Waals surface area contributed by atoms with Crippen LogP contribution in [0.15, 0.2) is 36.9 Å². The SMILES string of the molecule is C=CC(I)c1ccc(C(=O)O)cc1. The van der Waals surface area contributed by atoms with Crippen molar-refractivity contribution in [2.24, 2.45) is 0 Å². The molecule has 0 saturated carbocycles. The van der Waals surface area contributed by atoms with Crippen LogP contribution in [0, 0.1) is 0 Å². The lowest BCUT2D eigenvalue weighted by atomic mass is 10.1. The summed E-state index contributed by atoms with van der Waals surface area (Å²) >= 11 is 2.23. The number of allylic oxidation sites excluding steroid dienone is 1. The lowest BCUT2D eigenvalue weighted by molar-refractivity contribution is 0.0697. The fourth-order valence-electron chi connectivity index (χ4n) is 0.946. The van der Waals surface area contributed by atoms with Gasteiger partial charge < -0.3 is 5.11 Å². The molecule has 2 nitrogen and oxygen atoms in total. The second-order valence-corrected chi connectivity index (χ2v) is 3.91. The summed E-state index contributed by atoms with van der Waals surface area (Å²) in [6.07, 6.45) is 1.82. The third-order valence-corrected chi connectivity index (χ3v) is 2.91. The van der Waals surface area contributed by atoms with Crippen molar-refractivity contribution in [3.8, 4) is 0 Å². The Hall–Kier alpha value is -0.840. The molecule has 0 bridgehead atoms. The van der Waals surface area contributed by atoms with Crippen LogP contribution < -0.4 is 0 Å². The zero-order valence-corrected chi connectivity index (χ0v) is 9.06. The Morgan fingerprint density at radius 2 is 2.00 bits per heavy atom. The number of benzene rings is 1. The molecule has 1 atom stereocenters. The van der Waals surface area contributed by atoms with Crippen LogP contribution >= 0.6 is 22.6 Å². The summed E-state index contributed by atoms with van der Waals surface area (Å²) in [6.45, 7) is 3.67. The summed E-state index contributed by atoms with van der Waals surface area (Å²) in [6, 6.07) is 6.82. The van der Waals surface area contributed by atoms with Gasteiger partial charge in [0.2, 0.25) is 0 Å². The minimum Gasteiger partial charge on any atom is -0.478 e. The lowest BCUT2D eigenvalue weighted by Gasteiger charge is -2.03. The van der Waals surface area contributed by atoms with Gasteiger partial charge in [-0.25, -0.2) is 4.79 Å². The van der Waals surface area contributed by atoms with E-state index in [-0.39, 0.29) is 3.92 Å². The van der Waals surface area contributed by atoms with Crippen molar-refractivity contribution in [2.75, 3.05) is 0 Å². The Balaban J connectivity index is 2.93. The van der Waals surface area contributed by atoms with Crippen molar-refractivity contribution in [1.82, 2.24) is 0 Å². The maximum absolute atomic E-state index is 10.5. The van der Waals surface area contributed by atoms with Crippen molar-refractivity contribution >= 4 is 28.6 Å². The van der Waals surface area contributed by atoms with Gasteiger partial charge in [-0.15, -0.1) is 6.58 Å². The van der Waals surface area contributed by atoms with Gasteiger partial charge in [0.25, 0.3) is 0 Å². The second kappa shape index (κ2) is 4.41. The molecule has 0 fully saturated rings. The van der Waals surface area contributed by atoms with E-state index in [9.17, 15) is 4.79 Å². The molecule has 0 spiro atoms. The van der Waals surface area contributed by atoms with E-state index in [2.05, 4.69) is 29.2 Å². The van der Waals surface area contributed by atoms with Crippen LogP contribution in [0.3, 0.4) is 0 Å². The van der Waals surface area contributed by atoms with Crippen molar-refractivity contribution in [1.29, 1.82) is 0 Å². The first-order chi connectivity index (χ1) is 6.15. The van der Waals surface area contributed by atoms with Crippen LogP contribution in [-0.4, -0.2) is 11.1 Å². The molecule has 1 aromatic carbocycles. The first-order valence-corrected chi connectivity index (χ1v) is 4.99. The third kappa shape index (κ3) is 2.55. The molecule has 0 radical (unpaired) electrons. The van der Waals surface area contributed by atoms with Gasteiger partial charge in [0.05, 0.1) is 9.49 Å². The Bertz CT molecular complexity index is 316. The minimum absolute atomic E-state index is 0.237. The molecule has 1 unspecified atom stereocenters. The number of hydrogen-bond donors (Lipinski definition) is 1. The smallest absolute Gasteiger partial charge is 0.335 e. The summed E-state index contributed by atoms with van der Waals surface area (Å²) in [4.78, 5) is 10.5. The van der Waals surface area contributed by atoms with Crippen LogP contribution in [-0.2, 0) is 0 Å². The van der Waals surface area contributed by atoms with E-state index >= 15 is 0 Å².